The molecule has 0 amide bonds. The van der Waals surface area contributed by atoms with Crippen LogP contribution in [0.4, 0.5) is 4.39 Å². The van der Waals surface area contributed by atoms with Crippen LogP contribution in [0.2, 0.25) is 15.1 Å². The minimum absolute atomic E-state index is 0.325. The van der Waals surface area contributed by atoms with Gasteiger partial charge in [-0.15, -0.1) is 0 Å². The fraction of sp³-hybridized carbons (Fsp3) is 0.200. The maximum absolute atomic E-state index is 14.1. The zero-order valence-corrected chi connectivity index (χ0v) is 13.0. The van der Waals surface area contributed by atoms with Gasteiger partial charge < -0.3 is 5.32 Å². The van der Waals surface area contributed by atoms with E-state index < -0.39 is 0 Å². The van der Waals surface area contributed by atoms with E-state index in [0.29, 0.717) is 27.2 Å². The van der Waals surface area contributed by atoms with Crippen molar-refractivity contribution in [1.82, 2.24) is 5.32 Å². The van der Waals surface area contributed by atoms with E-state index in [-0.39, 0.29) is 11.9 Å². The average molecular weight is 333 g/mol. The van der Waals surface area contributed by atoms with Gasteiger partial charge in [-0.25, -0.2) is 4.39 Å². The van der Waals surface area contributed by atoms with E-state index in [0.717, 1.165) is 5.56 Å². The van der Waals surface area contributed by atoms with Crippen molar-refractivity contribution in [1.29, 1.82) is 0 Å². The summed E-state index contributed by atoms with van der Waals surface area (Å²) in [6.45, 7) is 2.63. The Balaban J connectivity index is 2.49. The average Bonchev–Trinajstić information content (AvgIpc) is 2.35. The Morgan fingerprint density at radius 3 is 2.20 bits per heavy atom. The highest BCUT2D eigenvalue weighted by Crippen LogP contribution is 2.30. The zero-order valence-electron chi connectivity index (χ0n) is 10.8. The Hall–Kier alpha value is -0.800. The number of hydrogen-bond acceptors (Lipinski definition) is 1. The minimum atomic E-state index is -0.362. The molecule has 2 rings (SSSR count). The molecule has 0 radical (unpaired) electrons. The van der Waals surface area contributed by atoms with Crippen LogP contribution in [0.5, 0.6) is 0 Å². The molecule has 2 aromatic rings. The van der Waals surface area contributed by atoms with Crippen molar-refractivity contribution in [2.75, 3.05) is 6.54 Å². The van der Waals surface area contributed by atoms with Crippen LogP contribution in [0, 0.1) is 5.82 Å². The van der Waals surface area contributed by atoms with E-state index in [1.807, 2.05) is 6.92 Å². The van der Waals surface area contributed by atoms with Crippen molar-refractivity contribution >= 4 is 34.8 Å². The third-order valence-electron chi connectivity index (χ3n) is 2.90. The van der Waals surface area contributed by atoms with Crippen molar-refractivity contribution in [3.63, 3.8) is 0 Å². The number of nitrogens with one attached hydrogen (secondary N) is 1. The smallest absolute Gasteiger partial charge is 0.129 e. The molecule has 0 aliphatic carbocycles. The summed E-state index contributed by atoms with van der Waals surface area (Å²) in [5.41, 5.74) is 1.32. The Morgan fingerprint density at radius 1 is 1.00 bits per heavy atom. The normalized spacial score (nSPS) is 12.4. The summed E-state index contributed by atoms with van der Waals surface area (Å²) in [6, 6.07) is 9.50. The summed E-state index contributed by atoms with van der Waals surface area (Å²) in [7, 11) is 0. The molecular weight excluding hydrogens is 320 g/mol. The molecule has 0 aromatic heterocycles. The van der Waals surface area contributed by atoms with Crippen LogP contribution in [0.1, 0.15) is 24.1 Å². The largest absolute Gasteiger partial charge is 0.306 e. The van der Waals surface area contributed by atoms with Crippen LogP contribution in [0.15, 0.2) is 36.4 Å². The summed E-state index contributed by atoms with van der Waals surface area (Å²) in [6.07, 6.45) is 0. The number of halogens is 4. The number of rotatable bonds is 4. The van der Waals surface area contributed by atoms with Crippen molar-refractivity contribution in [3.05, 3.63) is 68.4 Å². The Bertz CT molecular complexity index is 596. The van der Waals surface area contributed by atoms with Crippen LogP contribution in [-0.4, -0.2) is 6.54 Å². The van der Waals surface area contributed by atoms with Gasteiger partial charge in [0, 0.05) is 20.6 Å². The summed E-state index contributed by atoms with van der Waals surface area (Å²) >= 11 is 17.8. The van der Waals surface area contributed by atoms with Crippen LogP contribution in [0.3, 0.4) is 0 Å². The van der Waals surface area contributed by atoms with Gasteiger partial charge in [-0.2, -0.15) is 0 Å². The molecule has 1 nitrogen and oxygen atoms in total. The highest BCUT2D eigenvalue weighted by atomic mass is 35.5. The number of hydrogen-bond donors (Lipinski definition) is 1. The van der Waals surface area contributed by atoms with E-state index in [1.165, 1.54) is 6.07 Å². The molecule has 2 aromatic carbocycles. The van der Waals surface area contributed by atoms with E-state index in [9.17, 15) is 4.39 Å². The lowest BCUT2D eigenvalue weighted by Crippen LogP contribution is -2.23. The molecule has 1 N–H and O–H groups in total. The maximum Gasteiger partial charge on any atom is 0.129 e. The molecule has 106 valence electrons. The van der Waals surface area contributed by atoms with Gasteiger partial charge in [0.1, 0.15) is 5.82 Å². The van der Waals surface area contributed by atoms with Crippen LogP contribution in [0.25, 0.3) is 0 Å². The second-order valence-corrected chi connectivity index (χ2v) is 5.67. The van der Waals surface area contributed by atoms with E-state index in [4.69, 9.17) is 34.8 Å². The first-order chi connectivity index (χ1) is 9.51. The fourth-order valence-corrected chi connectivity index (χ4v) is 2.79. The summed E-state index contributed by atoms with van der Waals surface area (Å²) in [5, 5.41) is 4.63. The second-order valence-electron chi connectivity index (χ2n) is 4.36. The quantitative estimate of drug-likeness (QED) is 0.781. The molecule has 0 spiro atoms. The van der Waals surface area contributed by atoms with Crippen molar-refractivity contribution < 1.29 is 4.39 Å². The zero-order chi connectivity index (χ0) is 14.7. The first-order valence-electron chi connectivity index (χ1n) is 6.15. The lowest BCUT2D eigenvalue weighted by Gasteiger charge is -2.20. The molecule has 0 saturated carbocycles. The maximum atomic E-state index is 14.1. The Labute approximate surface area is 132 Å². The molecule has 0 bridgehead atoms. The van der Waals surface area contributed by atoms with Gasteiger partial charge in [0.2, 0.25) is 0 Å². The molecule has 0 heterocycles. The molecular formula is C15H13Cl3FN. The van der Waals surface area contributed by atoms with Crippen LogP contribution in [-0.2, 0) is 0 Å². The first-order valence-corrected chi connectivity index (χ1v) is 7.29. The van der Waals surface area contributed by atoms with Gasteiger partial charge in [-0.1, -0.05) is 47.8 Å². The lowest BCUT2D eigenvalue weighted by atomic mass is 9.98. The van der Waals surface area contributed by atoms with Crippen LogP contribution < -0.4 is 5.32 Å². The molecule has 0 fully saturated rings. The fourth-order valence-electron chi connectivity index (χ4n) is 2.09. The van der Waals surface area contributed by atoms with Gasteiger partial charge >= 0.3 is 0 Å². The monoisotopic (exact) mass is 331 g/mol. The van der Waals surface area contributed by atoms with E-state index in [2.05, 4.69) is 5.32 Å². The highest BCUT2D eigenvalue weighted by molar-refractivity contribution is 6.34. The van der Waals surface area contributed by atoms with Gasteiger partial charge in [0.25, 0.3) is 0 Å². The Kier molecular flexibility index (Phi) is 5.28. The minimum Gasteiger partial charge on any atom is -0.306 e. The van der Waals surface area contributed by atoms with Gasteiger partial charge in [0.05, 0.1) is 6.04 Å². The third kappa shape index (κ3) is 3.64. The summed E-state index contributed by atoms with van der Waals surface area (Å²) in [4.78, 5) is 0. The van der Waals surface area contributed by atoms with Crippen molar-refractivity contribution in [2.45, 2.75) is 13.0 Å². The number of benzene rings is 2. The predicted molar refractivity (Wildman–Crippen MR) is 83.4 cm³/mol. The van der Waals surface area contributed by atoms with E-state index >= 15 is 0 Å². The molecule has 1 unspecified atom stereocenters. The molecule has 1 atom stereocenters. The van der Waals surface area contributed by atoms with Crippen molar-refractivity contribution in [2.24, 2.45) is 0 Å². The van der Waals surface area contributed by atoms with Gasteiger partial charge in [-0.3, -0.25) is 0 Å². The molecule has 0 aliphatic heterocycles. The molecule has 20 heavy (non-hydrogen) atoms. The van der Waals surface area contributed by atoms with Gasteiger partial charge in [0.15, 0.2) is 0 Å². The van der Waals surface area contributed by atoms with Crippen molar-refractivity contribution in [3.8, 4) is 0 Å². The van der Waals surface area contributed by atoms with Gasteiger partial charge in [-0.05, 0) is 42.4 Å². The predicted octanol–water partition coefficient (Wildman–Crippen LogP) is 5.48. The topological polar surface area (TPSA) is 12.0 Å². The van der Waals surface area contributed by atoms with Crippen LogP contribution >= 0.6 is 34.8 Å². The molecule has 0 saturated heterocycles. The molecule has 0 aliphatic rings. The third-order valence-corrected chi connectivity index (χ3v) is 3.57. The molecule has 5 heteroatoms. The highest BCUT2D eigenvalue weighted by Gasteiger charge is 2.18. The SMILES string of the molecule is CCNC(c1cc(Cl)cc(Cl)c1)c1ccc(Cl)cc1F. The summed E-state index contributed by atoms with van der Waals surface area (Å²) < 4.78 is 14.1. The lowest BCUT2D eigenvalue weighted by molar-refractivity contribution is 0.559. The van der Waals surface area contributed by atoms with E-state index in [1.54, 1.807) is 30.3 Å². The Morgan fingerprint density at radius 2 is 1.65 bits per heavy atom. The first kappa shape index (κ1) is 15.6. The standard InChI is InChI=1S/C15H13Cl3FN/c1-2-20-15(9-5-11(17)7-12(18)6-9)13-4-3-10(16)8-14(13)19/h3-8,15,20H,2H2,1H3. The second kappa shape index (κ2) is 6.77. The summed E-state index contributed by atoms with van der Waals surface area (Å²) in [5.74, 6) is -0.362.